The number of hydrogen-bond donors (Lipinski definition) is 1. The van der Waals surface area contributed by atoms with Gasteiger partial charge in [0.25, 0.3) is 0 Å². The molecule has 162 valence electrons. The van der Waals surface area contributed by atoms with Crippen LogP contribution in [0.2, 0.25) is 0 Å². The fraction of sp³-hybridized carbons (Fsp3) is 0.609. The summed E-state index contributed by atoms with van der Waals surface area (Å²) in [6, 6.07) is 4.12. The van der Waals surface area contributed by atoms with Gasteiger partial charge in [-0.1, -0.05) is 13.8 Å². The highest BCUT2D eigenvalue weighted by molar-refractivity contribution is 5.75. The molecular weight excluding hydrogens is 386 g/mol. The molecule has 0 amide bonds. The normalized spacial score (nSPS) is 30.2. The van der Waals surface area contributed by atoms with Gasteiger partial charge in [-0.15, -0.1) is 0 Å². The number of carbonyl (C=O) groups is 1. The van der Waals surface area contributed by atoms with Crippen LogP contribution in [0.3, 0.4) is 0 Å². The van der Waals surface area contributed by atoms with Gasteiger partial charge in [-0.05, 0) is 61.1 Å². The van der Waals surface area contributed by atoms with Crippen LogP contribution in [0.15, 0.2) is 24.0 Å². The van der Waals surface area contributed by atoms with Crippen molar-refractivity contribution in [3.05, 3.63) is 35.1 Å². The summed E-state index contributed by atoms with van der Waals surface area (Å²) in [4.78, 5) is 15.2. The third kappa shape index (κ3) is 2.82. The van der Waals surface area contributed by atoms with Crippen molar-refractivity contribution in [2.45, 2.75) is 56.8 Å². The van der Waals surface area contributed by atoms with Crippen LogP contribution < -0.4 is 9.47 Å². The maximum atomic E-state index is 12.7. The molecule has 0 radical (unpaired) electrons. The molecular formula is C23H29NO6. The van der Waals surface area contributed by atoms with Crippen LogP contribution in [0.25, 0.3) is 0 Å². The van der Waals surface area contributed by atoms with E-state index in [4.69, 9.17) is 18.9 Å². The van der Waals surface area contributed by atoms with E-state index >= 15 is 0 Å². The zero-order valence-corrected chi connectivity index (χ0v) is 17.7. The first kappa shape index (κ1) is 19.7. The molecule has 4 atom stereocenters. The summed E-state index contributed by atoms with van der Waals surface area (Å²) in [7, 11) is 1.62. The Kier molecular flexibility index (Phi) is 4.71. The molecule has 1 spiro atoms. The Bertz CT molecular complexity index is 896. The van der Waals surface area contributed by atoms with Gasteiger partial charge in [-0.25, -0.2) is 4.79 Å². The Balaban J connectivity index is 1.61. The van der Waals surface area contributed by atoms with E-state index in [1.165, 1.54) is 5.56 Å². The van der Waals surface area contributed by atoms with Gasteiger partial charge in [0.05, 0.1) is 18.6 Å². The molecule has 5 rings (SSSR count). The van der Waals surface area contributed by atoms with Crippen LogP contribution in [0, 0.1) is 5.92 Å². The van der Waals surface area contributed by atoms with Crippen LogP contribution >= 0.6 is 0 Å². The summed E-state index contributed by atoms with van der Waals surface area (Å²) < 4.78 is 23.0. The monoisotopic (exact) mass is 415 g/mol. The first-order valence-electron chi connectivity index (χ1n) is 10.8. The number of benzene rings is 1. The highest BCUT2D eigenvalue weighted by Crippen LogP contribution is 2.55. The number of rotatable bonds is 4. The molecule has 1 fully saturated rings. The topological polar surface area (TPSA) is 77.5 Å². The number of carbonyl (C=O) groups excluding carboxylic acids is 1. The van der Waals surface area contributed by atoms with Crippen LogP contribution in [0.5, 0.6) is 11.5 Å². The van der Waals surface area contributed by atoms with Gasteiger partial charge in [-0.2, -0.15) is 0 Å². The maximum absolute atomic E-state index is 12.7. The van der Waals surface area contributed by atoms with Crippen molar-refractivity contribution in [3.63, 3.8) is 0 Å². The van der Waals surface area contributed by atoms with Gasteiger partial charge in [0.15, 0.2) is 23.7 Å². The molecule has 3 heterocycles. The second-order valence-corrected chi connectivity index (χ2v) is 9.01. The summed E-state index contributed by atoms with van der Waals surface area (Å²) in [5, 5.41) is 10.3. The number of aliphatic hydroxyl groups is 1. The third-order valence-corrected chi connectivity index (χ3v) is 7.08. The van der Waals surface area contributed by atoms with E-state index in [-0.39, 0.29) is 24.2 Å². The SMILES string of the molecule is COC1=C[C@]23CCCN2CCc2cc4c(cc2[C@@H]3C1OC(=O)C(O)C(C)C)OCO4. The molecule has 1 aromatic rings. The summed E-state index contributed by atoms with van der Waals surface area (Å²) in [6.45, 7) is 5.75. The van der Waals surface area contributed by atoms with Crippen molar-refractivity contribution in [1.82, 2.24) is 4.90 Å². The van der Waals surface area contributed by atoms with E-state index < -0.39 is 18.2 Å². The van der Waals surface area contributed by atoms with Crippen LogP contribution in [0.1, 0.15) is 43.7 Å². The first-order valence-corrected chi connectivity index (χ1v) is 10.8. The minimum atomic E-state index is -1.17. The van der Waals surface area contributed by atoms with Gasteiger partial charge in [0.1, 0.15) is 5.76 Å². The van der Waals surface area contributed by atoms with E-state index in [0.717, 1.165) is 49.4 Å². The molecule has 4 aliphatic rings. The van der Waals surface area contributed by atoms with Crippen LogP contribution in [-0.2, 0) is 20.7 Å². The highest BCUT2D eigenvalue weighted by Gasteiger charge is 2.58. The molecule has 7 nitrogen and oxygen atoms in total. The van der Waals surface area contributed by atoms with Gasteiger partial charge in [0.2, 0.25) is 6.79 Å². The minimum Gasteiger partial charge on any atom is -0.497 e. The Morgan fingerprint density at radius 2 is 2.03 bits per heavy atom. The van der Waals surface area contributed by atoms with Crippen molar-refractivity contribution in [1.29, 1.82) is 0 Å². The Morgan fingerprint density at radius 3 is 2.77 bits per heavy atom. The number of nitrogens with zero attached hydrogens (tertiary/aromatic N) is 1. The average molecular weight is 415 g/mol. The van der Waals surface area contributed by atoms with E-state index in [2.05, 4.69) is 23.1 Å². The molecule has 1 aromatic carbocycles. The van der Waals surface area contributed by atoms with Crippen molar-refractivity contribution >= 4 is 5.97 Å². The first-order chi connectivity index (χ1) is 14.4. The number of fused-ring (bicyclic) bond motifs is 3. The Morgan fingerprint density at radius 1 is 1.27 bits per heavy atom. The number of esters is 1. The lowest BCUT2D eigenvalue weighted by Gasteiger charge is -2.39. The third-order valence-electron chi connectivity index (χ3n) is 7.08. The second-order valence-electron chi connectivity index (χ2n) is 9.01. The minimum absolute atomic E-state index is 0.120. The van der Waals surface area contributed by atoms with Crippen LogP contribution in [0.4, 0.5) is 0 Å². The molecule has 30 heavy (non-hydrogen) atoms. The Hall–Kier alpha value is -2.25. The lowest BCUT2D eigenvalue weighted by Crippen LogP contribution is -2.47. The molecule has 0 bridgehead atoms. The van der Waals surface area contributed by atoms with Gasteiger partial charge < -0.3 is 24.1 Å². The maximum Gasteiger partial charge on any atom is 0.335 e. The smallest absolute Gasteiger partial charge is 0.335 e. The van der Waals surface area contributed by atoms with Gasteiger partial charge >= 0.3 is 5.97 Å². The molecule has 1 aliphatic carbocycles. The van der Waals surface area contributed by atoms with Crippen molar-refractivity contribution in [2.24, 2.45) is 5.92 Å². The number of hydrogen-bond acceptors (Lipinski definition) is 7. The summed E-state index contributed by atoms with van der Waals surface area (Å²) >= 11 is 0. The fourth-order valence-electron chi connectivity index (χ4n) is 5.56. The van der Waals surface area contributed by atoms with Crippen molar-refractivity contribution in [3.8, 4) is 11.5 Å². The lowest BCUT2D eigenvalue weighted by atomic mass is 9.77. The zero-order valence-electron chi connectivity index (χ0n) is 17.7. The summed E-state index contributed by atoms with van der Waals surface area (Å²) in [6.07, 6.45) is 3.35. The molecule has 2 unspecified atom stereocenters. The second kappa shape index (κ2) is 7.17. The standard InChI is InChI=1S/C23H29NO6/c1-13(2)20(25)22(26)30-21-18(27-3)11-23-6-4-7-24(23)8-5-14-9-16-17(29-12-28-16)10-15(14)19(21)23/h9-11,13,19-21,25H,4-8,12H2,1-3H3/t19-,20?,21?,23+/m1/s1. The zero-order chi connectivity index (χ0) is 21.0. The largest absolute Gasteiger partial charge is 0.497 e. The van der Waals surface area contributed by atoms with E-state index in [1.54, 1.807) is 21.0 Å². The highest BCUT2D eigenvalue weighted by atomic mass is 16.7. The average Bonchev–Trinajstić information content (AvgIpc) is 3.41. The molecule has 7 heteroatoms. The lowest BCUT2D eigenvalue weighted by molar-refractivity contribution is -0.162. The van der Waals surface area contributed by atoms with Gasteiger partial charge in [-0.3, -0.25) is 4.90 Å². The number of methoxy groups -OCH3 is 1. The molecule has 0 saturated carbocycles. The molecule has 3 aliphatic heterocycles. The predicted molar refractivity (Wildman–Crippen MR) is 108 cm³/mol. The summed E-state index contributed by atoms with van der Waals surface area (Å²) in [5.41, 5.74) is 2.04. The molecule has 0 aromatic heterocycles. The van der Waals surface area contributed by atoms with E-state index in [1.807, 2.05) is 0 Å². The Labute approximate surface area is 176 Å². The van der Waals surface area contributed by atoms with E-state index in [9.17, 15) is 9.90 Å². The summed E-state index contributed by atoms with van der Waals surface area (Å²) in [5.74, 6) is 1.21. The predicted octanol–water partition coefficient (Wildman–Crippen LogP) is 2.36. The van der Waals surface area contributed by atoms with Crippen molar-refractivity contribution in [2.75, 3.05) is 27.0 Å². The molecule has 1 N–H and O–H groups in total. The quantitative estimate of drug-likeness (QED) is 0.757. The van der Waals surface area contributed by atoms with E-state index in [0.29, 0.717) is 5.76 Å². The van der Waals surface area contributed by atoms with Crippen molar-refractivity contribution < 1.29 is 28.8 Å². The number of ether oxygens (including phenoxy) is 4. The molecule has 1 saturated heterocycles. The van der Waals surface area contributed by atoms with Gasteiger partial charge in [0, 0.05) is 6.54 Å². The number of aliphatic hydroxyl groups excluding tert-OH is 1. The van der Waals surface area contributed by atoms with Crippen LogP contribution in [-0.4, -0.2) is 60.7 Å². The fourth-order valence-corrected chi connectivity index (χ4v) is 5.56.